The topological polar surface area (TPSA) is 93.7 Å². The number of carbonyl (C=O) groups is 1. The van der Waals surface area contributed by atoms with Crippen LogP contribution in [0.1, 0.15) is 21.5 Å². The number of hydrogen-bond acceptors (Lipinski definition) is 5. The average molecular weight is 489 g/mol. The molecule has 33 heavy (non-hydrogen) atoms. The van der Waals surface area contributed by atoms with Crippen LogP contribution in [0.25, 0.3) is 0 Å². The molecule has 0 saturated heterocycles. The van der Waals surface area contributed by atoms with Crippen LogP contribution >= 0.6 is 11.6 Å². The maximum absolute atomic E-state index is 13.0. The molecule has 7 nitrogen and oxygen atoms in total. The van der Waals surface area contributed by atoms with Crippen molar-refractivity contribution in [1.29, 1.82) is 0 Å². The molecule has 0 aromatic heterocycles. The zero-order chi connectivity index (χ0) is 24.0. The summed E-state index contributed by atoms with van der Waals surface area (Å²) in [7, 11) is -2.42. The van der Waals surface area contributed by atoms with Gasteiger partial charge in [0.2, 0.25) is 0 Å². The molecule has 0 fully saturated rings. The van der Waals surface area contributed by atoms with Crippen molar-refractivity contribution in [3.8, 4) is 11.5 Å². The van der Waals surface area contributed by atoms with E-state index in [0.717, 1.165) is 16.9 Å². The van der Waals surface area contributed by atoms with Crippen LogP contribution in [0.2, 0.25) is 5.02 Å². The van der Waals surface area contributed by atoms with Crippen LogP contribution in [-0.2, 0) is 10.0 Å². The Kier molecular flexibility index (Phi) is 7.84. The maximum atomic E-state index is 13.0. The number of rotatable bonds is 9. The number of anilines is 1. The summed E-state index contributed by atoms with van der Waals surface area (Å²) in [6.07, 6.45) is 0. The summed E-state index contributed by atoms with van der Waals surface area (Å²) in [6, 6.07) is 16.7. The molecule has 0 aliphatic heterocycles. The van der Waals surface area contributed by atoms with E-state index in [-0.39, 0.29) is 28.6 Å². The molecule has 0 spiro atoms. The molecule has 0 aliphatic carbocycles. The Bertz CT molecular complexity index is 1240. The van der Waals surface area contributed by atoms with Gasteiger partial charge in [-0.25, -0.2) is 8.42 Å². The minimum Gasteiger partial charge on any atom is -0.497 e. The number of halogens is 1. The average Bonchev–Trinajstić information content (AvgIpc) is 2.79. The van der Waals surface area contributed by atoms with Gasteiger partial charge in [-0.15, -0.1) is 0 Å². The summed E-state index contributed by atoms with van der Waals surface area (Å²) in [5.41, 5.74) is 2.31. The number of hydrogen-bond donors (Lipinski definition) is 2. The Balaban J connectivity index is 1.65. The number of methoxy groups -OCH3 is 1. The van der Waals surface area contributed by atoms with E-state index in [9.17, 15) is 13.2 Å². The van der Waals surface area contributed by atoms with Gasteiger partial charge >= 0.3 is 0 Å². The van der Waals surface area contributed by atoms with Crippen molar-refractivity contribution < 1.29 is 22.7 Å². The molecule has 2 N–H and O–H groups in total. The quantitative estimate of drug-likeness (QED) is 0.430. The highest BCUT2D eigenvalue weighted by Crippen LogP contribution is 2.27. The van der Waals surface area contributed by atoms with E-state index in [0.29, 0.717) is 11.4 Å². The van der Waals surface area contributed by atoms with Gasteiger partial charge in [0.1, 0.15) is 23.0 Å². The van der Waals surface area contributed by atoms with Crippen molar-refractivity contribution in [2.75, 3.05) is 25.0 Å². The molecule has 9 heteroatoms. The zero-order valence-corrected chi connectivity index (χ0v) is 20.1. The van der Waals surface area contributed by atoms with Crippen LogP contribution in [0.15, 0.2) is 65.6 Å². The summed E-state index contributed by atoms with van der Waals surface area (Å²) < 4.78 is 39.2. The van der Waals surface area contributed by atoms with Gasteiger partial charge in [-0.2, -0.15) is 0 Å². The number of amides is 1. The molecular weight excluding hydrogens is 464 g/mol. The SMILES string of the molecule is COc1ccc(OCCNC(=O)c2ccc(Cl)c(S(=O)(=O)Nc3cc(C)ccc3C)c2)cc1. The third-order valence-corrected chi connectivity index (χ3v) is 6.68. The molecule has 3 aromatic rings. The van der Waals surface area contributed by atoms with Crippen LogP contribution in [0.5, 0.6) is 11.5 Å². The molecule has 0 heterocycles. The number of carbonyl (C=O) groups excluding carboxylic acids is 1. The summed E-state index contributed by atoms with van der Waals surface area (Å²) in [6.45, 7) is 4.14. The normalized spacial score (nSPS) is 11.0. The standard InChI is InChI=1S/C24H25ClN2O5S/c1-16-4-5-17(2)22(14-16)27-33(29,30)23-15-18(6-11-21(23)25)24(28)26-12-13-32-20-9-7-19(31-3)8-10-20/h4-11,14-15,27H,12-13H2,1-3H3,(H,26,28). The minimum absolute atomic E-state index is 0.0206. The third-order valence-electron chi connectivity index (χ3n) is 4.84. The fourth-order valence-corrected chi connectivity index (χ4v) is 4.65. The van der Waals surface area contributed by atoms with Crippen molar-refractivity contribution in [2.45, 2.75) is 18.7 Å². The second-order valence-corrected chi connectivity index (χ2v) is 9.41. The van der Waals surface area contributed by atoms with Gasteiger partial charge in [0, 0.05) is 5.56 Å². The number of aryl methyl sites for hydroxylation is 2. The second-order valence-electron chi connectivity index (χ2n) is 7.35. The van der Waals surface area contributed by atoms with Gasteiger partial charge in [-0.1, -0.05) is 23.7 Å². The Morgan fingerprint density at radius 2 is 1.67 bits per heavy atom. The van der Waals surface area contributed by atoms with E-state index in [4.69, 9.17) is 21.1 Å². The fourth-order valence-electron chi connectivity index (χ4n) is 3.00. The molecular formula is C24H25ClN2O5S. The fraction of sp³-hybridized carbons (Fsp3) is 0.208. The Morgan fingerprint density at radius 1 is 0.970 bits per heavy atom. The first-order valence-electron chi connectivity index (χ1n) is 10.1. The van der Waals surface area contributed by atoms with Crippen LogP contribution < -0.4 is 19.5 Å². The first kappa shape index (κ1) is 24.4. The van der Waals surface area contributed by atoms with Crippen molar-refractivity contribution in [3.63, 3.8) is 0 Å². The lowest BCUT2D eigenvalue weighted by molar-refractivity contribution is 0.0947. The molecule has 1 amide bonds. The first-order valence-corrected chi connectivity index (χ1v) is 12.0. The highest BCUT2D eigenvalue weighted by atomic mass is 35.5. The molecule has 3 rings (SSSR count). The second kappa shape index (κ2) is 10.6. The lowest BCUT2D eigenvalue weighted by Gasteiger charge is -2.13. The number of benzene rings is 3. The highest BCUT2D eigenvalue weighted by molar-refractivity contribution is 7.92. The maximum Gasteiger partial charge on any atom is 0.263 e. The number of nitrogens with one attached hydrogen (secondary N) is 2. The lowest BCUT2D eigenvalue weighted by Crippen LogP contribution is -2.28. The predicted molar refractivity (Wildman–Crippen MR) is 129 cm³/mol. The number of ether oxygens (including phenoxy) is 2. The van der Waals surface area contributed by atoms with E-state index < -0.39 is 15.9 Å². The van der Waals surface area contributed by atoms with E-state index in [1.807, 2.05) is 19.1 Å². The molecule has 0 atom stereocenters. The lowest BCUT2D eigenvalue weighted by atomic mass is 10.1. The van der Waals surface area contributed by atoms with E-state index in [1.165, 1.54) is 18.2 Å². The molecule has 0 radical (unpaired) electrons. The minimum atomic E-state index is -4.00. The molecule has 0 bridgehead atoms. The van der Waals surface area contributed by atoms with E-state index in [1.54, 1.807) is 44.4 Å². The highest BCUT2D eigenvalue weighted by Gasteiger charge is 2.21. The third kappa shape index (κ3) is 6.40. The molecule has 0 unspecified atom stereocenters. The predicted octanol–water partition coefficient (Wildman–Crippen LogP) is 4.58. The van der Waals surface area contributed by atoms with E-state index >= 15 is 0 Å². The van der Waals surface area contributed by atoms with Gasteiger partial charge in [-0.3, -0.25) is 9.52 Å². The monoisotopic (exact) mass is 488 g/mol. The van der Waals surface area contributed by atoms with Crippen LogP contribution in [0.4, 0.5) is 5.69 Å². The van der Waals surface area contributed by atoms with Crippen molar-refractivity contribution in [1.82, 2.24) is 5.32 Å². The van der Waals surface area contributed by atoms with Crippen LogP contribution in [0.3, 0.4) is 0 Å². The smallest absolute Gasteiger partial charge is 0.263 e. The van der Waals surface area contributed by atoms with Crippen LogP contribution in [-0.4, -0.2) is 34.6 Å². The van der Waals surface area contributed by atoms with Gasteiger partial charge < -0.3 is 14.8 Å². The van der Waals surface area contributed by atoms with E-state index in [2.05, 4.69) is 10.0 Å². The molecule has 174 valence electrons. The summed E-state index contributed by atoms with van der Waals surface area (Å²) in [4.78, 5) is 12.4. The largest absolute Gasteiger partial charge is 0.497 e. The zero-order valence-electron chi connectivity index (χ0n) is 18.5. The molecule has 3 aromatic carbocycles. The van der Waals surface area contributed by atoms with Crippen molar-refractivity contribution in [3.05, 3.63) is 82.4 Å². The van der Waals surface area contributed by atoms with Crippen molar-refractivity contribution in [2.24, 2.45) is 0 Å². The van der Waals surface area contributed by atoms with Crippen molar-refractivity contribution >= 4 is 33.2 Å². The Hall–Kier alpha value is -3.23. The van der Waals surface area contributed by atoms with Crippen LogP contribution in [0, 0.1) is 13.8 Å². The summed E-state index contributed by atoms with van der Waals surface area (Å²) in [5.74, 6) is 0.923. The Morgan fingerprint density at radius 3 is 2.36 bits per heavy atom. The van der Waals surface area contributed by atoms with Gasteiger partial charge in [0.25, 0.3) is 15.9 Å². The molecule has 0 aliphatic rings. The Labute approximate surface area is 198 Å². The van der Waals surface area contributed by atoms with Gasteiger partial charge in [-0.05, 0) is 73.5 Å². The molecule has 0 saturated carbocycles. The summed E-state index contributed by atoms with van der Waals surface area (Å²) in [5, 5.41) is 2.73. The summed E-state index contributed by atoms with van der Waals surface area (Å²) >= 11 is 6.16. The van der Waals surface area contributed by atoms with Gasteiger partial charge in [0.15, 0.2) is 0 Å². The number of sulfonamides is 1. The first-order chi connectivity index (χ1) is 15.7. The van der Waals surface area contributed by atoms with Gasteiger partial charge in [0.05, 0.1) is 24.4 Å².